The Morgan fingerprint density at radius 3 is 2.41 bits per heavy atom. The number of thiophene rings is 1. The molecular formula is C49H51Cl2FN6O7S. The van der Waals surface area contributed by atoms with E-state index in [0.29, 0.717) is 107 Å². The van der Waals surface area contributed by atoms with Crippen LogP contribution in [0.3, 0.4) is 0 Å². The van der Waals surface area contributed by atoms with Crippen molar-refractivity contribution in [3.63, 3.8) is 0 Å². The minimum atomic E-state index is -1.46. The molecule has 2 fully saturated rings. The first-order valence-corrected chi connectivity index (χ1v) is 23.7. The Bertz CT molecular complexity index is 2730. The first-order valence-electron chi connectivity index (χ1n) is 22.1. The van der Waals surface area contributed by atoms with Crippen LogP contribution in [-0.4, -0.2) is 110 Å². The first-order chi connectivity index (χ1) is 31.7. The average molecular weight is 958 g/mol. The molecule has 66 heavy (non-hydrogen) atoms. The third-order valence-corrected chi connectivity index (χ3v) is 15.0. The minimum absolute atomic E-state index is 0.0301. The van der Waals surface area contributed by atoms with E-state index in [-0.39, 0.29) is 31.4 Å². The number of rotatable bonds is 8. The molecule has 3 aliphatic heterocycles. The van der Waals surface area contributed by atoms with Gasteiger partial charge in [-0.3, -0.25) is 4.90 Å². The number of hydrogen-bond acceptors (Lipinski definition) is 13. The minimum Gasteiger partial charge on any atom is -0.490 e. The maximum atomic E-state index is 14.4. The number of nitrogens with zero attached hydrogens (tertiary/aromatic N) is 6. The van der Waals surface area contributed by atoms with Gasteiger partial charge in [-0.25, -0.2) is 29.1 Å². The van der Waals surface area contributed by atoms with Crippen LogP contribution in [0.4, 0.5) is 4.39 Å². The van der Waals surface area contributed by atoms with E-state index in [1.807, 2.05) is 20.8 Å². The molecule has 1 saturated carbocycles. The van der Waals surface area contributed by atoms with Gasteiger partial charge in [-0.05, 0) is 112 Å². The van der Waals surface area contributed by atoms with E-state index in [2.05, 4.69) is 31.8 Å². The molecule has 1 aliphatic carbocycles. The van der Waals surface area contributed by atoms with E-state index >= 15 is 0 Å². The van der Waals surface area contributed by atoms with Crippen LogP contribution in [0.25, 0.3) is 31.8 Å². The number of aliphatic hydroxyl groups is 1. The quantitative estimate of drug-likeness (QED) is 0.149. The summed E-state index contributed by atoms with van der Waals surface area (Å²) in [6, 6.07) is 13.2. The number of hydrogen-bond donors (Lipinski definition) is 2. The average Bonchev–Trinajstić information content (AvgIpc) is 3.69. The molecule has 0 unspecified atom stereocenters. The van der Waals surface area contributed by atoms with E-state index in [1.165, 1.54) is 29.8 Å². The number of halogens is 3. The van der Waals surface area contributed by atoms with Gasteiger partial charge >= 0.3 is 5.97 Å². The van der Waals surface area contributed by atoms with Crippen LogP contribution in [-0.2, 0) is 17.8 Å². The van der Waals surface area contributed by atoms with Crippen LogP contribution in [0.2, 0.25) is 10.0 Å². The number of fused-ring (bicyclic) bond motifs is 7. The summed E-state index contributed by atoms with van der Waals surface area (Å²) in [5.41, 5.74) is 3.76. The second kappa shape index (κ2) is 19.2. The molecule has 4 bridgehead atoms. The molecule has 4 aliphatic rings. The summed E-state index contributed by atoms with van der Waals surface area (Å²) in [4.78, 5) is 37.7. The number of ether oxygens (including phenoxy) is 4. The number of carboxylic acids is 1. The van der Waals surface area contributed by atoms with Crippen molar-refractivity contribution in [3.8, 4) is 44.7 Å². The molecule has 3 aromatic carbocycles. The molecule has 2 N–H and O–H groups in total. The molecule has 2 atom stereocenters. The van der Waals surface area contributed by atoms with Crippen molar-refractivity contribution >= 4 is 50.7 Å². The molecule has 346 valence electrons. The summed E-state index contributed by atoms with van der Waals surface area (Å²) >= 11 is 16.0. The van der Waals surface area contributed by atoms with Crippen molar-refractivity contribution in [2.75, 3.05) is 46.4 Å². The monoisotopic (exact) mass is 956 g/mol. The van der Waals surface area contributed by atoms with Gasteiger partial charge in [0.05, 0.1) is 26.7 Å². The van der Waals surface area contributed by atoms with Crippen LogP contribution < -0.4 is 18.9 Å². The number of carbonyl (C=O) groups is 1. The third kappa shape index (κ3) is 9.78. The second-order valence-corrected chi connectivity index (χ2v) is 19.5. The number of likely N-dealkylation sites (N-methyl/N-ethyl adjacent to an activating group) is 1. The van der Waals surface area contributed by atoms with Crippen LogP contribution in [0.15, 0.2) is 61.1 Å². The van der Waals surface area contributed by atoms with Gasteiger partial charge < -0.3 is 34.1 Å². The van der Waals surface area contributed by atoms with E-state index in [4.69, 9.17) is 47.1 Å². The number of carboxylic acid groups (broad SMARTS) is 1. The molecule has 6 heterocycles. The molecule has 17 heteroatoms. The molecule has 0 amide bonds. The normalized spacial score (nSPS) is 21.7. The fourth-order valence-corrected chi connectivity index (χ4v) is 10.7. The molecule has 6 aromatic rings. The lowest BCUT2D eigenvalue weighted by Gasteiger charge is -2.35. The highest BCUT2D eigenvalue weighted by Gasteiger charge is 2.33. The van der Waals surface area contributed by atoms with E-state index in [1.54, 1.807) is 42.6 Å². The van der Waals surface area contributed by atoms with Crippen molar-refractivity contribution in [3.05, 3.63) is 105 Å². The largest absolute Gasteiger partial charge is 0.490 e. The Labute approximate surface area is 396 Å². The Morgan fingerprint density at radius 1 is 0.970 bits per heavy atom. The fourth-order valence-electron chi connectivity index (χ4n) is 9.05. The van der Waals surface area contributed by atoms with Crippen molar-refractivity contribution < 1.29 is 38.3 Å². The molecule has 0 spiro atoms. The van der Waals surface area contributed by atoms with Crippen molar-refractivity contribution in [2.45, 2.75) is 83.2 Å². The lowest BCUT2D eigenvalue weighted by molar-refractivity contribution is -0.145. The molecular weight excluding hydrogens is 907 g/mol. The molecule has 3 aromatic heterocycles. The first kappa shape index (κ1) is 46.0. The zero-order valence-corrected chi connectivity index (χ0v) is 39.5. The van der Waals surface area contributed by atoms with E-state index < -0.39 is 29.6 Å². The number of benzene rings is 3. The van der Waals surface area contributed by atoms with Crippen molar-refractivity contribution in [1.82, 2.24) is 29.7 Å². The maximum absolute atomic E-state index is 14.4. The lowest BCUT2D eigenvalue weighted by Crippen LogP contribution is -2.49. The highest BCUT2D eigenvalue weighted by molar-refractivity contribution is 7.22. The molecule has 0 radical (unpaired) electrons. The smallest absolute Gasteiger partial charge is 0.345 e. The van der Waals surface area contributed by atoms with Gasteiger partial charge in [-0.2, -0.15) is 0 Å². The highest BCUT2D eigenvalue weighted by Crippen LogP contribution is 2.53. The molecule has 13 nitrogen and oxygen atoms in total. The zero-order chi connectivity index (χ0) is 46.3. The molecule has 1 saturated heterocycles. The number of aromatic nitrogens is 4. The van der Waals surface area contributed by atoms with E-state index in [0.717, 1.165) is 39.0 Å². The van der Waals surface area contributed by atoms with Crippen LogP contribution >= 0.6 is 34.5 Å². The van der Waals surface area contributed by atoms with Crippen molar-refractivity contribution in [1.29, 1.82) is 0 Å². The highest BCUT2D eigenvalue weighted by atomic mass is 35.5. The summed E-state index contributed by atoms with van der Waals surface area (Å²) in [5, 5.41) is 22.4. The standard InChI is InChI=1S/C49H51Cl2FN6O7S/c1-27-38-28(2)42(51)43(41(27)50)64-35(23-58-19-17-57(4)18-20-58)25-62-34-9-10-36(63-24-33-13-16-53-45(56-33)30-11-14-49(3,61)15-12-30)31(21-34)22-37(48(59)60)65-46-40-39(38)44(66-47(40)55-26-54-46)29-5-7-32(52)8-6-29/h5-10,13,16,21,26,30,35,37,61H,11-12,14-15,17-20,22-25H2,1-4H3,(H,59,60)/t30-,35-,37-,49-/m1/s1. The number of piperazine rings is 1. The van der Waals surface area contributed by atoms with Gasteiger partial charge in [0, 0.05) is 67.3 Å². The maximum Gasteiger partial charge on any atom is 0.345 e. The van der Waals surface area contributed by atoms with Crippen LogP contribution in [0.5, 0.6) is 23.1 Å². The Kier molecular flexibility index (Phi) is 13.4. The Hall–Kier alpha value is -5.16. The topological polar surface area (TPSA) is 152 Å². The summed E-state index contributed by atoms with van der Waals surface area (Å²) in [6.45, 7) is 9.81. The van der Waals surface area contributed by atoms with Gasteiger partial charge in [0.25, 0.3) is 0 Å². The van der Waals surface area contributed by atoms with Gasteiger partial charge in [-0.1, -0.05) is 35.3 Å². The lowest BCUT2D eigenvalue weighted by atomic mass is 9.79. The Balaban J connectivity index is 1.14. The second-order valence-electron chi connectivity index (χ2n) is 17.8. The summed E-state index contributed by atoms with van der Waals surface area (Å²) in [5.74, 6) is 0.432. The molecule has 10 rings (SSSR count). The van der Waals surface area contributed by atoms with Crippen molar-refractivity contribution in [2.24, 2.45) is 0 Å². The zero-order valence-electron chi connectivity index (χ0n) is 37.2. The van der Waals surface area contributed by atoms with Gasteiger partial charge in [0.1, 0.15) is 53.6 Å². The van der Waals surface area contributed by atoms with Crippen LogP contribution in [0, 0.1) is 19.7 Å². The Morgan fingerprint density at radius 2 is 1.70 bits per heavy atom. The fraction of sp³-hybridized carbons (Fsp3) is 0.408. The van der Waals surface area contributed by atoms with Crippen LogP contribution in [0.1, 0.15) is 66.7 Å². The number of aliphatic carboxylic acids is 1. The predicted molar refractivity (Wildman–Crippen MR) is 252 cm³/mol. The summed E-state index contributed by atoms with van der Waals surface area (Å²) < 4.78 is 40.7. The van der Waals surface area contributed by atoms with Gasteiger partial charge in [-0.15, -0.1) is 11.3 Å². The SMILES string of the molecule is Cc1c(Cl)c2c(Cl)c(C)c1-c1c(-c3ccc(F)cc3)sc3ncnc(c13)O[C@@H](C(=O)O)Cc1cc(ccc1OCc1ccnc([C@H]3CC[C@](C)(O)CC3)n1)OC[C@@H](CN1CCN(C)CC1)O2. The summed E-state index contributed by atoms with van der Waals surface area (Å²) in [7, 11) is 2.10. The summed E-state index contributed by atoms with van der Waals surface area (Å²) in [6.07, 6.45) is 3.83. The van der Waals surface area contributed by atoms with Gasteiger partial charge in [0.15, 0.2) is 5.75 Å². The predicted octanol–water partition coefficient (Wildman–Crippen LogP) is 9.33. The van der Waals surface area contributed by atoms with Gasteiger partial charge in [0.2, 0.25) is 12.0 Å². The van der Waals surface area contributed by atoms with E-state index in [9.17, 15) is 19.4 Å². The third-order valence-electron chi connectivity index (χ3n) is 12.9.